The van der Waals surface area contributed by atoms with Gasteiger partial charge in [0.2, 0.25) is 0 Å². The predicted molar refractivity (Wildman–Crippen MR) is 107 cm³/mol. The molecule has 4 rings (SSSR count). The first kappa shape index (κ1) is 19.8. The third kappa shape index (κ3) is 3.71. The highest BCUT2D eigenvalue weighted by molar-refractivity contribution is 7.92. The maximum absolute atomic E-state index is 13.4. The van der Waals surface area contributed by atoms with Crippen molar-refractivity contribution in [3.63, 3.8) is 0 Å². The first-order valence-electron chi connectivity index (χ1n) is 8.95. The lowest BCUT2D eigenvalue weighted by atomic mass is 10.2. The smallest absolute Gasteiger partial charge is 0.267 e. The molecule has 6 nitrogen and oxygen atoms in total. The number of nitrogens with one attached hydrogen (secondary N) is 1. The molecule has 1 atom stereocenters. The van der Waals surface area contributed by atoms with Gasteiger partial charge in [0.1, 0.15) is 5.75 Å². The van der Waals surface area contributed by atoms with Gasteiger partial charge in [-0.25, -0.2) is 17.2 Å². The molecule has 1 unspecified atom stereocenters. The van der Waals surface area contributed by atoms with Gasteiger partial charge in [-0.1, -0.05) is 30.3 Å². The predicted octanol–water partition coefficient (Wildman–Crippen LogP) is 3.56. The van der Waals surface area contributed by atoms with E-state index in [0.717, 1.165) is 16.4 Å². The minimum Gasteiger partial charge on any atom is -0.476 e. The maximum atomic E-state index is 13.4. The zero-order valence-corrected chi connectivity index (χ0v) is 16.3. The largest absolute Gasteiger partial charge is 0.476 e. The number of amides is 1. The minimum absolute atomic E-state index is 0.0267. The first-order chi connectivity index (χ1) is 14.4. The van der Waals surface area contributed by atoms with Gasteiger partial charge in [-0.2, -0.15) is 0 Å². The minimum atomic E-state index is -3.96. The fraction of sp³-hybridized carbons (Fsp3) is 0.0952. The standard InChI is InChI=1S/C21H16F2N2O4S/c22-16-11-10-14(12-17(16)23)24-21(26)20-13-25(18-8-4-5-9-19(18)29-20)30(27,28)15-6-2-1-3-7-15/h1-12,20H,13H2,(H,24,26). The zero-order chi connectivity index (χ0) is 21.3. The molecular weight excluding hydrogens is 414 g/mol. The normalized spacial score (nSPS) is 15.8. The van der Waals surface area contributed by atoms with Gasteiger partial charge in [-0.15, -0.1) is 0 Å². The molecule has 0 aromatic heterocycles. The molecule has 9 heteroatoms. The number of rotatable bonds is 4. The van der Waals surface area contributed by atoms with Crippen molar-refractivity contribution in [2.45, 2.75) is 11.0 Å². The van der Waals surface area contributed by atoms with Crippen LogP contribution in [0, 0.1) is 11.6 Å². The van der Waals surface area contributed by atoms with Gasteiger partial charge in [0.25, 0.3) is 15.9 Å². The summed E-state index contributed by atoms with van der Waals surface area (Å²) in [4.78, 5) is 12.8. The highest BCUT2D eigenvalue weighted by Gasteiger charge is 2.37. The Bertz CT molecular complexity index is 1200. The Kier molecular flexibility index (Phi) is 5.13. The first-order valence-corrected chi connectivity index (χ1v) is 10.4. The number of anilines is 2. The Hall–Kier alpha value is -3.46. The molecule has 0 bridgehead atoms. The lowest BCUT2D eigenvalue weighted by Gasteiger charge is -2.34. The van der Waals surface area contributed by atoms with E-state index in [4.69, 9.17) is 4.74 Å². The number of para-hydroxylation sites is 2. The van der Waals surface area contributed by atoms with Gasteiger partial charge in [0, 0.05) is 11.8 Å². The molecule has 0 spiro atoms. The Morgan fingerprint density at radius 3 is 2.40 bits per heavy atom. The fourth-order valence-corrected chi connectivity index (χ4v) is 4.58. The second kappa shape index (κ2) is 7.75. The van der Waals surface area contributed by atoms with Gasteiger partial charge >= 0.3 is 0 Å². The quantitative estimate of drug-likeness (QED) is 0.687. The van der Waals surface area contributed by atoms with E-state index in [-0.39, 0.29) is 22.9 Å². The van der Waals surface area contributed by atoms with Crippen molar-refractivity contribution in [2.24, 2.45) is 0 Å². The van der Waals surface area contributed by atoms with E-state index >= 15 is 0 Å². The Balaban J connectivity index is 1.66. The molecule has 0 saturated heterocycles. The van der Waals surface area contributed by atoms with E-state index in [1.807, 2.05) is 0 Å². The average Bonchev–Trinajstić information content (AvgIpc) is 2.76. The summed E-state index contributed by atoms with van der Waals surface area (Å²) in [6, 6.07) is 17.2. The zero-order valence-electron chi connectivity index (χ0n) is 15.5. The monoisotopic (exact) mass is 430 g/mol. The molecule has 0 aliphatic carbocycles. The van der Waals surface area contributed by atoms with Crippen LogP contribution in [-0.2, 0) is 14.8 Å². The van der Waals surface area contributed by atoms with Crippen LogP contribution in [0.1, 0.15) is 0 Å². The third-order valence-corrected chi connectivity index (χ3v) is 6.34. The highest BCUT2D eigenvalue weighted by Crippen LogP contribution is 2.36. The SMILES string of the molecule is O=C(Nc1ccc(F)c(F)c1)C1CN(S(=O)(=O)c2ccccc2)c2ccccc2O1. The number of carbonyl (C=O) groups is 1. The topological polar surface area (TPSA) is 75.7 Å². The summed E-state index contributed by atoms with van der Waals surface area (Å²) in [5.41, 5.74) is 0.331. The molecule has 1 aliphatic rings. The van der Waals surface area contributed by atoms with Gasteiger partial charge in [-0.3, -0.25) is 9.10 Å². The second-order valence-electron chi connectivity index (χ2n) is 6.54. The molecule has 0 radical (unpaired) electrons. The van der Waals surface area contributed by atoms with E-state index in [0.29, 0.717) is 5.69 Å². The van der Waals surface area contributed by atoms with Crippen LogP contribution in [0.25, 0.3) is 0 Å². The summed E-state index contributed by atoms with van der Waals surface area (Å²) >= 11 is 0. The van der Waals surface area contributed by atoms with Crippen LogP contribution in [-0.4, -0.2) is 27.0 Å². The summed E-state index contributed by atoms with van der Waals surface area (Å²) in [5.74, 6) is -2.63. The van der Waals surface area contributed by atoms with Gasteiger partial charge in [-0.05, 0) is 36.4 Å². The Labute approximate surface area is 171 Å². The molecule has 154 valence electrons. The number of halogens is 2. The van der Waals surface area contributed by atoms with Crippen molar-refractivity contribution in [2.75, 3.05) is 16.2 Å². The van der Waals surface area contributed by atoms with E-state index < -0.39 is 33.7 Å². The Morgan fingerprint density at radius 2 is 1.67 bits per heavy atom. The van der Waals surface area contributed by atoms with E-state index in [2.05, 4.69) is 5.32 Å². The number of ether oxygens (including phenoxy) is 1. The number of hydrogen-bond acceptors (Lipinski definition) is 4. The van der Waals surface area contributed by atoms with E-state index in [9.17, 15) is 22.0 Å². The van der Waals surface area contributed by atoms with Crippen molar-refractivity contribution in [3.8, 4) is 5.75 Å². The number of carbonyl (C=O) groups excluding carboxylic acids is 1. The number of fused-ring (bicyclic) bond motifs is 1. The van der Waals surface area contributed by atoms with Crippen LogP contribution in [0.15, 0.2) is 77.7 Å². The molecule has 3 aromatic rings. The lowest BCUT2D eigenvalue weighted by Crippen LogP contribution is -2.48. The molecule has 1 N–H and O–H groups in total. The molecule has 0 saturated carbocycles. The second-order valence-corrected chi connectivity index (χ2v) is 8.40. The van der Waals surface area contributed by atoms with Crippen LogP contribution in [0.4, 0.5) is 20.2 Å². The van der Waals surface area contributed by atoms with Gasteiger partial charge in [0.15, 0.2) is 17.7 Å². The van der Waals surface area contributed by atoms with Crippen LogP contribution >= 0.6 is 0 Å². The third-order valence-electron chi connectivity index (χ3n) is 4.55. The molecule has 30 heavy (non-hydrogen) atoms. The van der Waals surface area contributed by atoms with E-state index in [1.165, 1.54) is 18.2 Å². The van der Waals surface area contributed by atoms with Crippen LogP contribution in [0.5, 0.6) is 5.75 Å². The number of nitrogens with zero attached hydrogens (tertiary/aromatic N) is 1. The fourth-order valence-electron chi connectivity index (χ4n) is 3.08. The summed E-state index contributed by atoms with van der Waals surface area (Å²) in [6.45, 7) is -0.288. The molecule has 1 aliphatic heterocycles. The molecule has 0 fully saturated rings. The van der Waals surface area contributed by atoms with E-state index in [1.54, 1.807) is 42.5 Å². The van der Waals surface area contributed by atoms with Gasteiger partial charge in [0.05, 0.1) is 17.1 Å². The lowest BCUT2D eigenvalue weighted by molar-refractivity contribution is -0.122. The number of benzene rings is 3. The maximum Gasteiger partial charge on any atom is 0.267 e. The van der Waals surface area contributed by atoms with Crippen molar-refractivity contribution in [1.82, 2.24) is 0 Å². The van der Waals surface area contributed by atoms with Crippen molar-refractivity contribution >= 4 is 27.3 Å². The highest BCUT2D eigenvalue weighted by atomic mass is 32.2. The number of hydrogen-bond donors (Lipinski definition) is 1. The van der Waals surface area contributed by atoms with Crippen LogP contribution in [0.2, 0.25) is 0 Å². The molecule has 1 heterocycles. The summed E-state index contributed by atoms with van der Waals surface area (Å²) in [5, 5.41) is 2.43. The average molecular weight is 430 g/mol. The van der Waals surface area contributed by atoms with Crippen LogP contribution in [0.3, 0.4) is 0 Å². The summed E-state index contributed by atoms with van der Waals surface area (Å²) < 4.78 is 59.8. The van der Waals surface area contributed by atoms with Gasteiger partial charge < -0.3 is 10.1 Å². The molecular formula is C21H16F2N2O4S. The molecule has 1 amide bonds. The van der Waals surface area contributed by atoms with Crippen molar-refractivity contribution in [3.05, 3.63) is 84.4 Å². The van der Waals surface area contributed by atoms with Crippen LogP contribution < -0.4 is 14.4 Å². The summed E-state index contributed by atoms with van der Waals surface area (Å²) in [6.07, 6.45) is -1.20. The summed E-state index contributed by atoms with van der Waals surface area (Å²) in [7, 11) is -3.96. The van der Waals surface area contributed by atoms with Crippen molar-refractivity contribution < 1.29 is 26.7 Å². The number of sulfonamides is 1. The molecule has 3 aromatic carbocycles. The van der Waals surface area contributed by atoms with Crippen molar-refractivity contribution in [1.29, 1.82) is 0 Å². The Morgan fingerprint density at radius 1 is 0.967 bits per heavy atom.